The number of aryl methyl sites for hydroxylation is 1. The van der Waals surface area contributed by atoms with Gasteiger partial charge in [-0.05, 0) is 49.9 Å². The summed E-state index contributed by atoms with van der Waals surface area (Å²) in [7, 11) is 5.19. The number of hydrogen-bond acceptors (Lipinski definition) is 8. The maximum absolute atomic E-state index is 10.4. The van der Waals surface area contributed by atoms with E-state index >= 15 is 0 Å². The molecular weight excluding hydrogens is 497 g/mol. The van der Waals surface area contributed by atoms with Crippen molar-refractivity contribution in [3.05, 3.63) is 42.0 Å². The molecule has 0 amide bonds. The molecule has 2 saturated carbocycles. The fraction of sp³-hybridized carbons (Fsp3) is 0.538. The van der Waals surface area contributed by atoms with Crippen molar-refractivity contribution in [1.82, 2.24) is 24.7 Å². The van der Waals surface area contributed by atoms with E-state index in [9.17, 15) is 13.2 Å². The average Bonchev–Trinajstić information content (AvgIpc) is 3.62. The molecule has 0 spiro atoms. The first kappa shape index (κ1) is 27.6. The first-order chi connectivity index (χ1) is 17.8. The predicted octanol–water partition coefficient (Wildman–Crippen LogP) is 5.24. The Balaban J connectivity index is 0.000000373. The van der Waals surface area contributed by atoms with Crippen LogP contribution in [0.5, 0.6) is 0 Å². The quantitative estimate of drug-likeness (QED) is 0.461. The van der Waals surface area contributed by atoms with Gasteiger partial charge in [-0.25, -0.2) is 9.67 Å². The summed E-state index contributed by atoms with van der Waals surface area (Å²) in [6.07, 6.45) is 0.347. The summed E-state index contributed by atoms with van der Waals surface area (Å²) in [6, 6.07) is 8.05. The molecule has 12 heteroatoms. The lowest BCUT2D eigenvalue weighted by molar-refractivity contribution is -0.110. The largest absolute Gasteiger partial charge is 0.388 e. The van der Waals surface area contributed by atoms with E-state index in [2.05, 4.69) is 44.2 Å². The van der Waals surface area contributed by atoms with Crippen molar-refractivity contribution >= 4 is 23.3 Å². The summed E-state index contributed by atoms with van der Waals surface area (Å²) in [6.45, 7) is 7.67. The van der Waals surface area contributed by atoms with E-state index in [1.165, 1.54) is 18.4 Å². The first-order valence-corrected chi connectivity index (χ1v) is 12.4. The Morgan fingerprint density at radius 1 is 1.08 bits per heavy atom. The SMILES string of the molecule is CC(F)(F)F.CNc1nc(Nc2ccc(-n3cnc(C)n3)cc2)nc2c1C(C)(C)CN2C12CC1C2.COC. The Morgan fingerprint density at radius 3 is 2.13 bits per heavy atom. The number of anilines is 4. The van der Waals surface area contributed by atoms with Crippen LogP contribution in [0.3, 0.4) is 0 Å². The molecule has 206 valence electrons. The van der Waals surface area contributed by atoms with Gasteiger partial charge in [-0.2, -0.15) is 28.2 Å². The number of aromatic nitrogens is 5. The Kier molecular flexibility index (Phi) is 7.30. The second kappa shape index (κ2) is 10.0. The fourth-order valence-corrected chi connectivity index (χ4v) is 4.84. The zero-order chi connectivity index (χ0) is 27.9. The standard InChI is InChI=1S/C22H26N8.C2H3F3.C2H6O/c1-13-24-12-30(28-13)16-7-5-15(6-8-16)25-20-26-18(23-4)17-19(27-20)29(11-21(17,2)3)22-9-14(22)10-22;1-2(3,4)5;1-3-2/h5-8,12,14H,9-11H2,1-4H3,(H2,23,25,26,27);1H3;1-2H3. The molecule has 1 aromatic carbocycles. The van der Waals surface area contributed by atoms with E-state index in [0.717, 1.165) is 41.3 Å². The number of halogens is 3. The molecule has 0 unspecified atom stereocenters. The number of hydrogen-bond donors (Lipinski definition) is 2. The Morgan fingerprint density at radius 2 is 1.66 bits per heavy atom. The van der Waals surface area contributed by atoms with Crippen molar-refractivity contribution in [3.63, 3.8) is 0 Å². The second-order valence-corrected chi connectivity index (χ2v) is 10.6. The van der Waals surface area contributed by atoms with Crippen LogP contribution in [0.25, 0.3) is 5.69 Å². The van der Waals surface area contributed by atoms with Crippen LogP contribution in [0, 0.1) is 12.8 Å². The number of fused-ring (bicyclic) bond motifs is 2. The van der Waals surface area contributed by atoms with Crippen LogP contribution in [0.4, 0.5) is 36.4 Å². The smallest absolute Gasteiger partial charge is 0.386 e. The summed E-state index contributed by atoms with van der Waals surface area (Å²) < 4.78 is 37.1. The molecule has 38 heavy (non-hydrogen) atoms. The van der Waals surface area contributed by atoms with E-state index in [-0.39, 0.29) is 12.3 Å². The number of nitrogens with zero attached hydrogens (tertiary/aromatic N) is 6. The van der Waals surface area contributed by atoms with Crippen LogP contribution < -0.4 is 15.5 Å². The number of benzene rings is 1. The lowest BCUT2D eigenvalue weighted by atomic mass is 9.88. The topological polar surface area (TPSA) is 93.0 Å². The fourth-order valence-electron chi connectivity index (χ4n) is 4.84. The Bertz CT molecular complexity index is 1260. The van der Waals surface area contributed by atoms with Crippen molar-refractivity contribution in [1.29, 1.82) is 0 Å². The van der Waals surface area contributed by atoms with Crippen molar-refractivity contribution in [2.24, 2.45) is 5.92 Å². The molecule has 0 saturated heterocycles. The normalized spacial score (nSPS) is 21.7. The number of methoxy groups -OCH3 is 1. The third-order valence-corrected chi connectivity index (χ3v) is 6.78. The molecule has 2 N–H and O–H groups in total. The highest BCUT2D eigenvalue weighted by Crippen LogP contribution is 2.72. The minimum atomic E-state index is -4.00. The molecule has 0 radical (unpaired) electrons. The Hall–Kier alpha value is -3.41. The van der Waals surface area contributed by atoms with E-state index in [1.807, 2.05) is 38.2 Å². The number of rotatable bonds is 5. The molecule has 2 aromatic heterocycles. The number of nitrogens with one attached hydrogen (secondary N) is 2. The Labute approximate surface area is 220 Å². The van der Waals surface area contributed by atoms with Crippen molar-refractivity contribution in [2.75, 3.05) is 43.3 Å². The van der Waals surface area contributed by atoms with Crippen LogP contribution in [-0.4, -0.2) is 64.3 Å². The van der Waals surface area contributed by atoms with Gasteiger partial charge in [-0.15, -0.1) is 0 Å². The maximum atomic E-state index is 10.4. The molecule has 1 aliphatic heterocycles. The summed E-state index contributed by atoms with van der Waals surface area (Å²) in [5.74, 6) is 4.26. The minimum Gasteiger partial charge on any atom is -0.388 e. The third-order valence-electron chi connectivity index (χ3n) is 6.78. The van der Waals surface area contributed by atoms with Gasteiger partial charge < -0.3 is 20.3 Å². The van der Waals surface area contributed by atoms with Gasteiger partial charge in [0.15, 0.2) is 0 Å². The van der Waals surface area contributed by atoms with Gasteiger partial charge in [0.1, 0.15) is 23.8 Å². The van der Waals surface area contributed by atoms with Gasteiger partial charge in [-0.3, -0.25) is 0 Å². The maximum Gasteiger partial charge on any atom is 0.386 e. The summed E-state index contributed by atoms with van der Waals surface area (Å²) in [4.78, 5) is 16.5. The molecule has 0 bridgehead atoms. The third kappa shape index (κ3) is 5.85. The van der Waals surface area contributed by atoms with E-state index in [0.29, 0.717) is 11.5 Å². The molecule has 6 rings (SSSR count). The van der Waals surface area contributed by atoms with Gasteiger partial charge in [0.05, 0.1) is 5.69 Å². The highest BCUT2D eigenvalue weighted by atomic mass is 19.4. The molecule has 3 heterocycles. The van der Waals surface area contributed by atoms with Crippen LogP contribution in [0.15, 0.2) is 30.6 Å². The first-order valence-electron chi connectivity index (χ1n) is 12.4. The second-order valence-electron chi connectivity index (χ2n) is 10.6. The zero-order valence-electron chi connectivity index (χ0n) is 22.8. The van der Waals surface area contributed by atoms with Gasteiger partial charge in [-0.1, -0.05) is 13.8 Å². The molecule has 9 nitrogen and oxygen atoms in total. The van der Waals surface area contributed by atoms with Crippen LogP contribution in [-0.2, 0) is 10.2 Å². The van der Waals surface area contributed by atoms with E-state index in [1.54, 1.807) is 25.2 Å². The lowest BCUT2D eigenvalue weighted by Crippen LogP contribution is -2.34. The number of alkyl halides is 3. The van der Waals surface area contributed by atoms with Gasteiger partial charge in [0.2, 0.25) is 5.95 Å². The summed E-state index contributed by atoms with van der Waals surface area (Å²) in [5.41, 5.74) is 3.56. The molecule has 2 aliphatic carbocycles. The van der Waals surface area contributed by atoms with Crippen LogP contribution in [0.2, 0.25) is 0 Å². The van der Waals surface area contributed by atoms with Gasteiger partial charge in [0.25, 0.3) is 0 Å². The monoisotopic (exact) mass is 532 g/mol. The van der Waals surface area contributed by atoms with Crippen LogP contribution in [0.1, 0.15) is 45.0 Å². The molecular formula is C26H35F3N8O. The highest BCUT2D eigenvalue weighted by Gasteiger charge is 2.74. The van der Waals surface area contributed by atoms with Crippen molar-refractivity contribution in [3.8, 4) is 5.69 Å². The summed E-state index contributed by atoms with van der Waals surface area (Å²) >= 11 is 0. The molecule has 3 aromatic rings. The highest BCUT2D eigenvalue weighted by molar-refractivity contribution is 5.73. The summed E-state index contributed by atoms with van der Waals surface area (Å²) in [5, 5.41) is 11.1. The average molecular weight is 533 g/mol. The molecule has 0 atom stereocenters. The van der Waals surface area contributed by atoms with E-state index < -0.39 is 6.18 Å². The predicted molar refractivity (Wildman–Crippen MR) is 141 cm³/mol. The number of ether oxygens (including phenoxy) is 1. The van der Waals surface area contributed by atoms with Gasteiger partial charge >= 0.3 is 6.18 Å². The molecule has 3 aliphatic rings. The zero-order valence-corrected chi connectivity index (χ0v) is 22.8. The van der Waals surface area contributed by atoms with Crippen LogP contribution >= 0.6 is 0 Å². The van der Waals surface area contributed by atoms with E-state index in [4.69, 9.17) is 9.97 Å². The lowest BCUT2D eigenvalue weighted by Gasteiger charge is -2.24. The molecule has 2 fully saturated rings. The minimum absolute atomic E-state index is 0.0360. The van der Waals surface area contributed by atoms with Crippen molar-refractivity contribution in [2.45, 2.75) is 57.7 Å². The van der Waals surface area contributed by atoms with Gasteiger partial charge in [0, 0.05) is 56.9 Å². The van der Waals surface area contributed by atoms with Crippen molar-refractivity contribution < 1.29 is 17.9 Å².